The predicted molar refractivity (Wildman–Crippen MR) is 82.1 cm³/mol. The van der Waals surface area contributed by atoms with Crippen molar-refractivity contribution in [3.8, 4) is 0 Å². The molecule has 0 saturated heterocycles. The quantitative estimate of drug-likeness (QED) is 0.801. The molecule has 0 fully saturated rings. The van der Waals surface area contributed by atoms with Gasteiger partial charge in [0.05, 0.1) is 0 Å². The lowest BCUT2D eigenvalue weighted by Gasteiger charge is -2.33. The van der Waals surface area contributed by atoms with Crippen molar-refractivity contribution in [3.05, 3.63) is 83.9 Å². The van der Waals surface area contributed by atoms with Gasteiger partial charge >= 0.3 is 0 Å². The molecule has 2 aromatic carbocycles. The Hall–Kier alpha value is -1.86. The van der Waals surface area contributed by atoms with E-state index in [2.05, 4.69) is 67.6 Å². The molecule has 0 aliphatic carbocycles. The van der Waals surface area contributed by atoms with Crippen LogP contribution >= 0.6 is 0 Å². The van der Waals surface area contributed by atoms with Gasteiger partial charge in [-0.15, -0.1) is 0 Å². The number of benzene rings is 2. The van der Waals surface area contributed by atoms with Crippen molar-refractivity contribution < 1.29 is 0 Å². The van der Waals surface area contributed by atoms with E-state index in [0.717, 1.165) is 6.42 Å². The molecule has 19 heavy (non-hydrogen) atoms. The number of rotatable bonds is 5. The lowest BCUT2D eigenvalue weighted by molar-refractivity contribution is 0.533. The predicted octanol–water partition coefficient (Wildman–Crippen LogP) is 3.90. The molecule has 0 radical (unpaired) electrons. The largest absolute Gasteiger partial charge is 0.329 e. The van der Waals surface area contributed by atoms with Crippen LogP contribution in [0.15, 0.2) is 72.8 Å². The minimum Gasteiger partial charge on any atom is -0.329 e. The van der Waals surface area contributed by atoms with Crippen LogP contribution in [0.3, 0.4) is 0 Å². The highest BCUT2D eigenvalue weighted by Crippen LogP contribution is 2.35. The summed E-state index contributed by atoms with van der Waals surface area (Å²) in [5.74, 6) is 0. The van der Waals surface area contributed by atoms with Crippen LogP contribution in [-0.2, 0) is 5.41 Å². The summed E-state index contributed by atoms with van der Waals surface area (Å²) in [6.45, 7) is 2.66. The van der Waals surface area contributed by atoms with Crippen molar-refractivity contribution in [2.24, 2.45) is 5.73 Å². The number of hydrogen-bond donors (Lipinski definition) is 1. The average molecular weight is 251 g/mol. The van der Waals surface area contributed by atoms with Gasteiger partial charge in [0.25, 0.3) is 0 Å². The van der Waals surface area contributed by atoms with Crippen molar-refractivity contribution in [3.63, 3.8) is 0 Å². The molecule has 0 unspecified atom stereocenters. The summed E-state index contributed by atoms with van der Waals surface area (Å²) in [7, 11) is 0. The average Bonchev–Trinajstić information content (AvgIpc) is 2.51. The van der Waals surface area contributed by atoms with E-state index in [-0.39, 0.29) is 5.41 Å². The van der Waals surface area contributed by atoms with Crippen molar-refractivity contribution in [2.75, 3.05) is 6.54 Å². The molecular weight excluding hydrogens is 230 g/mol. The van der Waals surface area contributed by atoms with Gasteiger partial charge in [0, 0.05) is 12.0 Å². The van der Waals surface area contributed by atoms with E-state index in [4.69, 9.17) is 5.73 Å². The Labute approximate surface area is 115 Å². The van der Waals surface area contributed by atoms with Crippen molar-refractivity contribution in [2.45, 2.75) is 18.8 Å². The molecule has 0 aromatic heterocycles. The highest BCUT2D eigenvalue weighted by Gasteiger charge is 2.31. The third-order valence-corrected chi connectivity index (χ3v) is 3.70. The molecule has 0 atom stereocenters. The fourth-order valence-corrected chi connectivity index (χ4v) is 2.55. The number of hydrogen-bond acceptors (Lipinski definition) is 1. The number of allylic oxidation sites excluding steroid dienone is 2. The van der Waals surface area contributed by atoms with Crippen LogP contribution in [-0.4, -0.2) is 6.54 Å². The van der Waals surface area contributed by atoms with E-state index in [1.54, 1.807) is 0 Å². The molecule has 0 heterocycles. The zero-order valence-corrected chi connectivity index (χ0v) is 11.4. The summed E-state index contributed by atoms with van der Waals surface area (Å²) in [5, 5.41) is 0. The van der Waals surface area contributed by atoms with Gasteiger partial charge in [-0.2, -0.15) is 0 Å². The standard InChI is InChI=1S/C18H21N/c1-2-3-14-18(15-19,16-10-6-4-7-11-16)17-12-8-5-9-13-17/h2-13H,14-15,19H2,1H3/b3-2+. The van der Waals surface area contributed by atoms with Crippen LogP contribution < -0.4 is 5.73 Å². The second kappa shape index (κ2) is 6.35. The van der Waals surface area contributed by atoms with E-state index in [1.165, 1.54) is 11.1 Å². The molecule has 2 N–H and O–H groups in total. The molecule has 0 spiro atoms. The molecule has 2 rings (SSSR count). The Bertz CT molecular complexity index is 474. The first kappa shape index (κ1) is 13.6. The highest BCUT2D eigenvalue weighted by atomic mass is 14.6. The van der Waals surface area contributed by atoms with Crippen molar-refractivity contribution in [1.29, 1.82) is 0 Å². The fraction of sp³-hybridized carbons (Fsp3) is 0.222. The maximum atomic E-state index is 6.18. The molecule has 0 aliphatic heterocycles. The Balaban J connectivity index is 2.54. The Morgan fingerprint density at radius 1 is 0.895 bits per heavy atom. The second-order valence-corrected chi connectivity index (χ2v) is 4.79. The van der Waals surface area contributed by atoms with Gasteiger partial charge in [-0.1, -0.05) is 72.8 Å². The summed E-state index contributed by atoms with van der Waals surface area (Å²) in [5.41, 5.74) is 8.61. The Morgan fingerprint density at radius 2 is 1.37 bits per heavy atom. The first-order valence-electron chi connectivity index (χ1n) is 6.76. The second-order valence-electron chi connectivity index (χ2n) is 4.79. The summed E-state index contributed by atoms with van der Waals surface area (Å²) < 4.78 is 0. The summed E-state index contributed by atoms with van der Waals surface area (Å²) in [4.78, 5) is 0. The molecule has 0 amide bonds. The van der Waals surface area contributed by atoms with Gasteiger partial charge < -0.3 is 5.73 Å². The smallest absolute Gasteiger partial charge is 0.0359 e. The maximum Gasteiger partial charge on any atom is 0.0359 e. The molecular formula is C18H21N. The zero-order valence-electron chi connectivity index (χ0n) is 11.4. The lowest BCUT2D eigenvalue weighted by atomic mass is 9.72. The lowest BCUT2D eigenvalue weighted by Crippen LogP contribution is -2.36. The minimum atomic E-state index is -0.130. The van der Waals surface area contributed by atoms with E-state index in [1.807, 2.05) is 12.1 Å². The SMILES string of the molecule is C/C=C/CC(CN)(c1ccccc1)c1ccccc1. The molecule has 0 aliphatic rings. The normalized spacial score (nSPS) is 11.9. The minimum absolute atomic E-state index is 0.130. The maximum absolute atomic E-state index is 6.18. The van der Waals surface area contributed by atoms with Crippen molar-refractivity contribution in [1.82, 2.24) is 0 Å². The van der Waals surface area contributed by atoms with Gasteiger partial charge in [0.1, 0.15) is 0 Å². The molecule has 98 valence electrons. The van der Waals surface area contributed by atoms with Crippen LogP contribution in [0.4, 0.5) is 0 Å². The molecule has 2 aromatic rings. The Kier molecular flexibility index (Phi) is 4.53. The third-order valence-electron chi connectivity index (χ3n) is 3.70. The van der Waals surface area contributed by atoms with Crippen LogP contribution in [0.25, 0.3) is 0 Å². The van der Waals surface area contributed by atoms with Gasteiger partial charge in [-0.05, 0) is 24.5 Å². The first-order valence-corrected chi connectivity index (χ1v) is 6.76. The van der Waals surface area contributed by atoms with Gasteiger partial charge in [0.15, 0.2) is 0 Å². The van der Waals surface area contributed by atoms with E-state index < -0.39 is 0 Å². The van der Waals surface area contributed by atoms with Crippen LogP contribution in [0.2, 0.25) is 0 Å². The molecule has 1 heteroatoms. The molecule has 1 nitrogen and oxygen atoms in total. The van der Waals surface area contributed by atoms with Gasteiger partial charge in [-0.3, -0.25) is 0 Å². The van der Waals surface area contributed by atoms with E-state index in [0.29, 0.717) is 6.54 Å². The van der Waals surface area contributed by atoms with Gasteiger partial charge in [0.2, 0.25) is 0 Å². The summed E-state index contributed by atoms with van der Waals surface area (Å²) in [6.07, 6.45) is 5.22. The van der Waals surface area contributed by atoms with Crippen LogP contribution in [0.5, 0.6) is 0 Å². The van der Waals surface area contributed by atoms with Crippen LogP contribution in [0, 0.1) is 0 Å². The van der Waals surface area contributed by atoms with E-state index in [9.17, 15) is 0 Å². The highest BCUT2D eigenvalue weighted by molar-refractivity contribution is 5.40. The van der Waals surface area contributed by atoms with E-state index >= 15 is 0 Å². The summed E-state index contributed by atoms with van der Waals surface area (Å²) in [6, 6.07) is 21.1. The van der Waals surface area contributed by atoms with Crippen molar-refractivity contribution >= 4 is 0 Å². The Morgan fingerprint density at radius 3 is 1.74 bits per heavy atom. The van der Waals surface area contributed by atoms with Gasteiger partial charge in [-0.25, -0.2) is 0 Å². The molecule has 0 saturated carbocycles. The fourth-order valence-electron chi connectivity index (χ4n) is 2.55. The third kappa shape index (κ3) is 2.77. The summed E-state index contributed by atoms with van der Waals surface area (Å²) >= 11 is 0. The monoisotopic (exact) mass is 251 g/mol. The molecule has 0 bridgehead atoms. The number of nitrogens with two attached hydrogens (primary N) is 1. The zero-order chi connectivity index (χ0) is 13.6. The first-order chi connectivity index (χ1) is 9.33. The topological polar surface area (TPSA) is 26.0 Å². The van der Waals surface area contributed by atoms with Crippen LogP contribution in [0.1, 0.15) is 24.5 Å².